The average molecular weight is 315 g/mol. The van der Waals surface area contributed by atoms with Crippen LogP contribution in [-0.2, 0) is 4.79 Å². The molecule has 1 fully saturated rings. The topological polar surface area (TPSA) is 62.4 Å². The van der Waals surface area contributed by atoms with Gasteiger partial charge < -0.3 is 10.1 Å². The van der Waals surface area contributed by atoms with Gasteiger partial charge in [0.1, 0.15) is 11.6 Å². The molecule has 0 aliphatic carbocycles. The molecule has 1 aliphatic rings. The number of hydrazine groups is 1. The fraction of sp³-hybridized carbons (Fsp3) is 0.235. The molecule has 2 aromatic rings. The third kappa shape index (κ3) is 4.28. The Bertz CT molecular complexity index is 649. The van der Waals surface area contributed by atoms with E-state index in [0.717, 1.165) is 6.42 Å². The van der Waals surface area contributed by atoms with Gasteiger partial charge in [0.05, 0.1) is 6.17 Å². The van der Waals surface area contributed by atoms with E-state index in [4.69, 9.17) is 4.74 Å². The third-order valence-electron chi connectivity index (χ3n) is 3.62. The Balaban J connectivity index is 1.45. The summed E-state index contributed by atoms with van der Waals surface area (Å²) in [5, 5.41) is 2.85. The molecule has 3 rings (SSSR count). The molecule has 2 atom stereocenters. The molecule has 3 N–H and O–H groups in total. The molecule has 1 aliphatic heterocycles. The lowest BCUT2D eigenvalue weighted by Crippen LogP contribution is -2.45. The first kappa shape index (κ1) is 15.5. The van der Waals surface area contributed by atoms with Crippen LogP contribution < -0.4 is 20.9 Å². The van der Waals surface area contributed by atoms with Crippen molar-refractivity contribution in [3.63, 3.8) is 0 Å². The molecular formula is C17H18FN3O2. The monoisotopic (exact) mass is 315 g/mol. The molecule has 1 heterocycles. The molecule has 2 unspecified atom stereocenters. The number of nitrogens with one attached hydrogen (secondary N) is 3. The highest BCUT2D eigenvalue weighted by atomic mass is 19.1. The first-order valence-corrected chi connectivity index (χ1v) is 7.44. The van der Waals surface area contributed by atoms with Crippen LogP contribution >= 0.6 is 0 Å². The van der Waals surface area contributed by atoms with E-state index in [-0.39, 0.29) is 30.5 Å². The molecule has 0 bridgehead atoms. The number of hydrogen-bond acceptors (Lipinski definition) is 4. The Labute approximate surface area is 133 Å². The summed E-state index contributed by atoms with van der Waals surface area (Å²) in [6.07, 6.45) is 0.580. The van der Waals surface area contributed by atoms with Crippen LogP contribution in [0.15, 0.2) is 54.6 Å². The highest BCUT2D eigenvalue weighted by Crippen LogP contribution is 2.20. The van der Waals surface area contributed by atoms with Crippen LogP contribution in [0.5, 0.6) is 5.75 Å². The van der Waals surface area contributed by atoms with Crippen molar-refractivity contribution < 1.29 is 13.9 Å². The van der Waals surface area contributed by atoms with Crippen molar-refractivity contribution in [2.75, 3.05) is 6.61 Å². The summed E-state index contributed by atoms with van der Waals surface area (Å²) in [5.74, 6) is -0.112. The van der Waals surface area contributed by atoms with Crippen LogP contribution in [0.3, 0.4) is 0 Å². The van der Waals surface area contributed by atoms with Gasteiger partial charge in [-0.3, -0.25) is 4.79 Å². The normalized spacial score (nSPS) is 20.2. The van der Waals surface area contributed by atoms with Crippen molar-refractivity contribution in [1.29, 1.82) is 0 Å². The maximum absolute atomic E-state index is 12.8. The van der Waals surface area contributed by atoms with E-state index in [2.05, 4.69) is 16.2 Å². The van der Waals surface area contributed by atoms with Crippen molar-refractivity contribution >= 4 is 5.91 Å². The third-order valence-corrected chi connectivity index (χ3v) is 3.62. The second-order valence-electron chi connectivity index (χ2n) is 5.35. The van der Waals surface area contributed by atoms with Gasteiger partial charge in [0.15, 0.2) is 6.61 Å². The molecule has 1 amide bonds. The van der Waals surface area contributed by atoms with Gasteiger partial charge in [-0.1, -0.05) is 30.3 Å². The molecule has 2 aromatic carbocycles. The maximum Gasteiger partial charge on any atom is 0.259 e. The minimum Gasteiger partial charge on any atom is -0.484 e. The van der Waals surface area contributed by atoms with Gasteiger partial charge in [0.2, 0.25) is 0 Å². The van der Waals surface area contributed by atoms with Gasteiger partial charge in [0, 0.05) is 12.5 Å². The van der Waals surface area contributed by atoms with Gasteiger partial charge in [-0.25, -0.2) is 15.2 Å². The number of benzene rings is 2. The molecule has 0 saturated carbocycles. The Morgan fingerprint density at radius 2 is 1.87 bits per heavy atom. The van der Waals surface area contributed by atoms with Crippen molar-refractivity contribution in [1.82, 2.24) is 16.2 Å². The van der Waals surface area contributed by atoms with Crippen molar-refractivity contribution in [3.05, 3.63) is 66.0 Å². The zero-order chi connectivity index (χ0) is 16.1. The van der Waals surface area contributed by atoms with E-state index in [0.29, 0.717) is 5.75 Å². The zero-order valence-corrected chi connectivity index (χ0v) is 12.5. The summed E-state index contributed by atoms with van der Waals surface area (Å²) in [6.45, 7) is -0.111. The quantitative estimate of drug-likeness (QED) is 0.788. The summed E-state index contributed by atoms with van der Waals surface area (Å²) < 4.78 is 18.1. The van der Waals surface area contributed by atoms with Gasteiger partial charge in [-0.15, -0.1) is 0 Å². The smallest absolute Gasteiger partial charge is 0.259 e. The van der Waals surface area contributed by atoms with Crippen LogP contribution in [0, 0.1) is 5.82 Å². The van der Waals surface area contributed by atoms with Crippen molar-refractivity contribution in [2.24, 2.45) is 0 Å². The van der Waals surface area contributed by atoms with Gasteiger partial charge in [-0.2, -0.15) is 0 Å². The predicted octanol–water partition coefficient (Wildman–Crippen LogP) is 1.89. The number of halogens is 1. The number of carbonyl (C=O) groups is 1. The summed E-state index contributed by atoms with van der Waals surface area (Å²) in [7, 11) is 0. The zero-order valence-electron chi connectivity index (χ0n) is 12.5. The standard InChI is InChI=1S/C17H18FN3O2/c18-13-6-8-14(9-7-13)23-11-17(22)19-16-10-15(20-21-16)12-4-2-1-3-5-12/h1-9,15-16,20-21H,10-11H2,(H,19,22). The molecule has 5 nitrogen and oxygen atoms in total. The molecule has 6 heteroatoms. The van der Waals surface area contributed by atoms with Crippen molar-refractivity contribution in [2.45, 2.75) is 18.6 Å². The molecule has 0 spiro atoms. The first-order valence-electron chi connectivity index (χ1n) is 7.44. The van der Waals surface area contributed by atoms with E-state index in [1.54, 1.807) is 0 Å². The molecule has 120 valence electrons. The summed E-state index contributed by atoms with van der Waals surface area (Å²) in [6, 6.07) is 15.7. The fourth-order valence-corrected chi connectivity index (χ4v) is 2.47. The molecule has 0 aromatic heterocycles. The number of carbonyl (C=O) groups excluding carboxylic acids is 1. The SMILES string of the molecule is O=C(COc1ccc(F)cc1)NC1CC(c2ccccc2)NN1. The van der Waals surface area contributed by atoms with Crippen LogP contribution in [0.4, 0.5) is 4.39 Å². The molecule has 23 heavy (non-hydrogen) atoms. The summed E-state index contributed by atoms with van der Waals surface area (Å²) in [5.41, 5.74) is 7.38. The average Bonchev–Trinajstić information content (AvgIpc) is 3.04. The highest BCUT2D eigenvalue weighted by Gasteiger charge is 2.25. The second kappa shape index (κ2) is 7.21. The van der Waals surface area contributed by atoms with Crippen LogP contribution in [-0.4, -0.2) is 18.7 Å². The van der Waals surface area contributed by atoms with E-state index >= 15 is 0 Å². The molecule has 1 saturated heterocycles. The van der Waals surface area contributed by atoms with E-state index < -0.39 is 0 Å². The number of amides is 1. The number of rotatable bonds is 5. The van der Waals surface area contributed by atoms with Gasteiger partial charge in [0.25, 0.3) is 5.91 Å². The number of ether oxygens (including phenoxy) is 1. The first-order chi connectivity index (χ1) is 11.2. The molecule has 0 radical (unpaired) electrons. The maximum atomic E-state index is 12.8. The van der Waals surface area contributed by atoms with E-state index in [1.807, 2.05) is 30.3 Å². The lowest BCUT2D eigenvalue weighted by Gasteiger charge is -2.13. The van der Waals surface area contributed by atoms with E-state index in [1.165, 1.54) is 29.8 Å². The minimum absolute atomic E-state index is 0.111. The second-order valence-corrected chi connectivity index (χ2v) is 5.35. The summed E-state index contributed by atoms with van der Waals surface area (Å²) >= 11 is 0. The lowest BCUT2D eigenvalue weighted by atomic mass is 10.0. The Morgan fingerprint density at radius 3 is 2.61 bits per heavy atom. The lowest BCUT2D eigenvalue weighted by molar-refractivity contribution is -0.123. The van der Waals surface area contributed by atoms with Crippen LogP contribution in [0.2, 0.25) is 0 Å². The highest BCUT2D eigenvalue weighted by molar-refractivity contribution is 5.77. The summed E-state index contributed by atoms with van der Waals surface area (Å²) in [4.78, 5) is 11.9. The Morgan fingerprint density at radius 1 is 1.13 bits per heavy atom. The number of hydrogen-bond donors (Lipinski definition) is 3. The van der Waals surface area contributed by atoms with Gasteiger partial charge in [-0.05, 0) is 29.8 Å². The van der Waals surface area contributed by atoms with Gasteiger partial charge >= 0.3 is 0 Å². The van der Waals surface area contributed by atoms with Crippen LogP contribution in [0.1, 0.15) is 18.0 Å². The van der Waals surface area contributed by atoms with Crippen molar-refractivity contribution in [3.8, 4) is 5.75 Å². The fourth-order valence-electron chi connectivity index (χ4n) is 2.47. The molecular weight excluding hydrogens is 297 g/mol. The minimum atomic E-state index is -0.338. The largest absolute Gasteiger partial charge is 0.484 e. The van der Waals surface area contributed by atoms with E-state index in [9.17, 15) is 9.18 Å². The Kier molecular flexibility index (Phi) is 4.85. The Hall–Kier alpha value is -2.44. The predicted molar refractivity (Wildman–Crippen MR) is 83.9 cm³/mol. The van der Waals surface area contributed by atoms with Crippen LogP contribution in [0.25, 0.3) is 0 Å².